The summed E-state index contributed by atoms with van der Waals surface area (Å²) in [7, 11) is 0. The van der Waals surface area contributed by atoms with Gasteiger partial charge >= 0.3 is 0 Å². The van der Waals surface area contributed by atoms with Crippen molar-refractivity contribution >= 4 is 6.29 Å². The lowest BCUT2D eigenvalue weighted by Gasteiger charge is -2.10. The van der Waals surface area contributed by atoms with Gasteiger partial charge in [0.15, 0.2) is 6.29 Å². The highest BCUT2D eigenvalue weighted by atomic mass is 19.1. The van der Waals surface area contributed by atoms with E-state index in [2.05, 4.69) is 0 Å². The van der Waals surface area contributed by atoms with E-state index in [4.69, 9.17) is 4.74 Å². The zero-order valence-electron chi connectivity index (χ0n) is 10.9. The molecule has 0 saturated carbocycles. The maximum absolute atomic E-state index is 13.5. The average molecular weight is 258 g/mol. The van der Waals surface area contributed by atoms with Crippen LogP contribution in [0.2, 0.25) is 0 Å². The number of ether oxygens (including phenoxy) is 1. The standard InChI is InChI=1S/C16H15FO2/c1-11(2)19-15-7-5-12(6-8-15)13-3-4-14(10-18)16(17)9-13/h3-11H,1-2H3. The molecule has 0 heterocycles. The monoisotopic (exact) mass is 258 g/mol. The van der Waals surface area contributed by atoms with Gasteiger partial charge in [-0.2, -0.15) is 0 Å². The summed E-state index contributed by atoms with van der Waals surface area (Å²) in [6.45, 7) is 3.92. The van der Waals surface area contributed by atoms with Crippen molar-refractivity contribution in [2.24, 2.45) is 0 Å². The molecule has 2 nitrogen and oxygen atoms in total. The molecule has 2 rings (SSSR count). The highest BCUT2D eigenvalue weighted by Crippen LogP contribution is 2.24. The van der Waals surface area contributed by atoms with Crippen molar-refractivity contribution in [2.45, 2.75) is 20.0 Å². The zero-order chi connectivity index (χ0) is 13.8. The first-order valence-corrected chi connectivity index (χ1v) is 6.12. The van der Waals surface area contributed by atoms with E-state index in [1.165, 1.54) is 12.1 Å². The Morgan fingerprint density at radius 1 is 1.05 bits per heavy atom. The van der Waals surface area contributed by atoms with Crippen molar-refractivity contribution in [3.8, 4) is 16.9 Å². The van der Waals surface area contributed by atoms with Gasteiger partial charge in [-0.25, -0.2) is 4.39 Å². The van der Waals surface area contributed by atoms with E-state index in [-0.39, 0.29) is 11.7 Å². The van der Waals surface area contributed by atoms with E-state index >= 15 is 0 Å². The van der Waals surface area contributed by atoms with E-state index in [9.17, 15) is 9.18 Å². The molecule has 0 radical (unpaired) electrons. The molecule has 0 spiro atoms. The lowest BCUT2D eigenvalue weighted by Crippen LogP contribution is -2.05. The van der Waals surface area contributed by atoms with E-state index < -0.39 is 5.82 Å². The second-order valence-corrected chi connectivity index (χ2v) is 4.55. The van der Waals surface area contributed by atoms with Crippen LogP contribution >= 0.6 is 0 Å². The smallest absolute Gasteiger partial charge is 0.152 e. The molecule has 2 aromatic carbocycles. The predicted molar refractivity (Wildman–Crippen MR) is 73.0 cm³/mol. The van der Waals surface area contributed by atoms with E-state index in [0.717, 1.165) is 16.9 Å². The largest absolute Gasteiger partial charge is 0.491 e. The van der Waals surface area contributed by atoms with Crippen LogP contribution in [0, 0.1) is 5.82 Å². The van der Waals surface area contributed by atoms with Gasteiger partial charge in [-0.05, 0) is 49.2 Å². The first kappa shape index (κ1) is 13.3. The van der Waals surface area contributed by atoms with Crippen LogP contribution in [0.25, 0.3) is 11.1 Å². The number of hydrogen-bond donors (Lipinski definition) is 0. The van der Waals surface area contributed by atoms with Crippen LogP contribution in [0.4, 0.5) is 4.39 Å². The molecule has 0 atom stereocenters. The highest BCUT2D eigenvalue weighted by Gasteiger charge is 2.05. The summed E-state index contributed by atoms with van der Waals surface area (Å²) in [5.74, 6) is 0.277. The Kier molecular flexibility index (Phi) is 3.95. The van der Waals surface area contributed by atoms with Crippen LogP contribution in [0.1, 0.15) is 24.2 Å². The molecule has 0 fully saturated rings. The second kappa shape index (κ2) is 5.65. The molecule has 2 aromatic rings. The lowest BCUT2D eigenvalue weighted by atomic mass is 10.0. The maximum atomic E-state index is 13.5. The molecular formula is C16H15FO2. The van der Waals surface area contributed by atoms with Gasteiger partial charge in [0.2, 0.25) is 0 Å². The van der Waals surface area contributed by atoms with Crippen LogP contribution in [0.5, 0.6) is 5.75 Å². The van der Waals surface area contributed by atoms with Gasteiger partial charge in [0.1, 0.15) is 11.6 Å². The Bertz CT molecular complexity index is 574. The number of hydrogen-bond acceptors (Lipinski definition) is 2. The topological polar surface area (TPSA) is 26.3 Å². The van der Waals surface area contributed by atoms with Gasteiger partial charge in [0.25, 0.3) is 0 Å². The maximum Gasteiger partial charge on any atom is 0.152 e. The summed E-state index contributed by atoms with van der Waals surface area (Å²) < 4.78 is 19.1. The van der Waals surface area contributed by atoms with Gasteiger partial charge in [-0.3, -0.25) is 4.79 Å². The van der Waals surface area contributed by atoms with Crippen molar-refractivity contribution in [3.63, 3.8) is 0 Å². The molecule has 0 aliphatic rings. The van der Waals surface area contributed by atoms with Crippen molar-refractivity contribution in [1.82, 2.24) is 0 Å². The van der Waals surface area contributed by atoms with Crippen molar-refractivity contribution in [1.29, 1.82) is 0 Å². The number of rotatable bonds is 4. The third-order valence-electron chi connectivity index (χ3n) is 2.69. The van der Waals surface area contributed by atoms with Crippen LogP contribution in [0.3, 0.4) is 0 Å². The number of carbonyl (C=O) groups is 1. The van der Waals surface area contributed by atoms with E-state index in [1.807, 2.05) is 38.1 Å². The van der Waals surface area contributed by atoms with Crippen molar-refractivity contribution < 1.29 is 13.9 Å². The summed E-state index contributed by atoms with van der Waals surface area (Å²) >= 11 is 0. The zero-order valence-corrected chi connectivity index (χ0v) is 10.9. The molecule has 0 aliphatic heterocycles. The van der Waals surface area contributed by atoms with Crippen LogP contribution in [-0.4, -0.2) is 12.4 Å². The molecule has 0 N–H and O–H groups in total. The Balaban J connectivity index is 2.27. The normalized spacial score (nSPS) is 10.5. The second-order valence-electron chi connectivity index (χ2n) is 4.55. The van der Waals surface area contributed by atoms with Gasteiger partial charge in [0.05, 0.1) is 11.7 Å². The molecule has 0 saturated heterocycles. The highest BCUT2D eigenvalue weighted by molar-refractivity contribution is 5.77. The van der Waals surface area contributed by atoms with Crippen LogP contribution in [-0.2, 0) is 0 Å². The van der Waals surface area contributed by atoms with Gasteiger partial charge in [0, 0.05) is 0 Å². The fourth-order valence-electron chi connectivity index (χ4n) is 1.80. The Morgan fingerprint density at radius 2 is 1.68 bits per heavy atom. The fraction of sp³-hybridized carbons (Fsp3) is 0.188. The van der Waals surface area contributed by atoms with E-state index in [1.54, 1.807) is 6.07 Å². The Hall–Kier alpha value is -2.16. The molecule has 0 unspecified atom stereocenters. The summed E-state index contributed by atoms with van der Waals surface area (Å²) in [5, 5.41) is 0. The molecule has 0 aromatic heterocycles. The molecule has 98 valence electrons. The quantitative estimate of drug-likeness (QED) is 0.772. The van der Waals surface area contributed by atoms with Crippen LogP contribution in [0.15, 0.2) is 42.5 Å². The lowest BCUT2D eigenvalue weighted by molar-refractivity contribution is 0.112. The Labute approximate surface area is 111 Å². The third kappa shape index (κ3) is 3.19. The SMILES string of the molecule is CC(C)Oc1ccc(-c2ccc(C=O)c(F)c2)cc1. The summed E-state index contributed by atoms with van der Waals surface area (Å²) in [5.41, 5.74) is 1.69. The summed E-state index contributed by atoms with van der Waals surface area (Å²) in [4.78, 5) is 10.6. The molecule has 0 aliphatic carbocycles. The van der Waals surface area contributed by atoms with Crippen molar-refractivity contribution in [2.75, 3.05) is 0 Å². The first-order valence-electron chi connectivity index (χ1n) is 6.12. The average Bonchev–Trinajstić information content (AvgIpc) is 2.39. The molecule has 19 heavy (non-hydrogen) atoms. The summed E-state index contributed by atoms with van der Waals surface area (Å²) in [6.07, 6.45) is 0.633. The molecule has 3 heteroatoms. The van der Waals surface area contributed by atoms with Crippen molar-refractivity contribution in [3.05, 3.63) is 53.8 Å². The summed E-state index contributed by atoms with van der Waals surface area (Å²) in [6, 6.07) is 12.0. The number of carbonyl (C=O) groups excluding carboxylic acids is 1. The Morgan fingerprint density at radius 3 is 2.21 bits per heavy atom. The number of aldehydes is 1. The number of benzene rings is 2. The molecule has 0 amide bonds. The molecular weight excluding hydrogens is 243 g/mol. The number of halogens is 1. The minimum Gasteiger partial charge on any atom is -0.491 e. The van der Waals surface area contributed by atoms with Crippen LogP contribution < -0.4 is 4.74 Å². The minimum atomic E-state index is -0.505. The van der Waals surface area contributed by atoms with Gasteiger partial charge in [-0.15, -0.1) is 0 Å². The minimum absolute atomic E-state index is 0.0727. The fourth-order valence-corrected chi connectivity index (χ4v) is 1.80. The van der Waals surface area contributed by atoms with Gasteiger partial charge < -0.3 is 4.74 Å². The van der Waals surface area contributed by atoms with E-state index in [0.29, 0.717) is 6.29 Å². The van der Waals surface area contributed by atoms with Gasteiger partial charge in [-0.1, -0.05) is 18.2 Å². The molecule has 0 bridgehead atoms. The predicted octanol–water partition coefficient (Wildman–Crippen LogP) is 4.09. The third-order valence-corrected chi connectivity index (χ3v) is 2.69. The first-order chi connectivity index (χ1) is 9.10.